The van der Waals surface area contributed by atoms with Gasteiger partial charge in [-0.15, -0.1) is 0 Å². The Balaban J connectivity index is 1.53. The lowest BCUT2D eigenvalue weighted by molar-refractivity contribution is -0.110. The number of carbonyl (C=O) groups is 1. The van der Waals surface area contributed by atoms with Gasteiger partial charge in [0.1, 0.15) is 0 Å². The predicted octanol–water partition coefficient (Wildman–Crippen LogP) is 0.872. The van der Waals surface area contributed by atoms with Crippen molar-refractivity contribution in [1.29, 1.82) is 0 Å². The molecule has 12 nitrogen and oxygen atoms in total. The lowest BCUT2D eigenvalue weighted by Crippen LogP contribution is -2.44. The smallest absolute Gasteiger partial charge is 0.280 e. The molecule has 1 aromatic heterocycles. The summed E-state index contributed by atoms with van der Waals surface area (Å²) in [5.41, 5.74) is 0.103. The molecule has 1 amide bonds. The number of carbonyl (C=O) groups excluding carboxylic acids is 1. The van der Waals surface area contributed by atoms with Crippen molar-refractivity contribution in [3.05, 3.63) is 41.2 Å². The van der Waals surface area contributed by atoms with Crippen LogP contribution in [-0.2, 0) is 34.4 Å². The number of thiazole rings is 1. The molecule has 0 saturated carbocycles. The van der Waals surface area contributed by atoms with Gasteiger partial charge in [-0.05, 0) is 25.0 Å². The first-order valence-corrected chi connectivity index (χ1v) is 14.8. The molecule has 0 unspecified atom stereocenters. The standard InChI is InChI=1S/C20H24FN5O7S3/c21-17-11-23-20(34-17)24-19(27)18(25-33-14-7-10-32-12-14)13-1-3-16(4-2-13)36(30,31)26-8-5-15(6-9-26)35(22,28)29/h1-4,11,14-15H,5-10,12H2,(H2,22,28,29)(H,23,24,27)/t14-/m1/s1. The Morgan fingerprint density at radius 1 is 1.19 bits per heavy atom. The van der Waals surface area contributed by atoms with E-state index in [1.807, 2.05) is 0 Å². The van der Waals surface area contributed by atoms with E-state index in [9.17, 15) is 26.0 Å². The maximum atomic E-state index is 13.3. The fourth-order valence-electron chi connectivity index (χ4n) is 3.75. The molecule has 4 rings (SSSR count). The van der Waals surface area contributed by atoms with E-state index in [2.05, 4.69) is 15.5 Å². The summed E-state index contributed by atoms with van der Waals surface area (Å²) < 4.78 is 68.9. The van der Waals surface area contributed by atoms with Gasteiger partial charge in [-0.2, -0.15) is 8.70 Å². The van der Waals surface area contributed by atoms with Gasteiger partial charge in [0.25, 0.3) is 5.91 Å². The third-order valence-corrected chi connectivity index (χ3v) is 9.74. The Morgan fingerprint density at radius 3 is 2.44 bits per heavy atom. The molecule has 3 heterocycles. The summed E-state index contributed by atoms with van der Waals surface area (Å²) in [5, 5.41) is 10.3. The van der Waals surface area contributed by atoms with Gasteiger partial charge in [0.05, 0.1) is 29.6 Å². The van der Waals surface area contributed by atoms with Crippen LogP contribution < -0.4 is 10.5 Å². The number of nitrogens with zero attached hydrogens (tertiary/aromatic N) is 3. The Hall–Kier alpha value is -2.50. The Bertz CT molecular complexity index is 1330. The van der Waals surface area contributed by atoms with Crippen molar-refractivity contribution in [2.45, 2.75) is 35.5 Å². The van der Waals surface area contributed by atoms with Crippen LogP contribution in [0.5, 0.6) is 0 Å². The number of ether oxygens (including phenoxy) is 1. The molecule has 1 atom stereocenters. The van der Waals surface area contributed by atoms with Crippen molar-refractivity contribution >= 4 is 48.1 Å². The SMILES string of the molecule is NS(=O)(=O)C1CCN(S(=O)(=O)c2ccc(C(=NO[C@@H]3CCOC3)C(=O)Nc3ncc(F)s3)cc2)CC1. The molecule has 0 radical (unpaired) electrons. The molecular formula is C20H24FN5O7S3. The van der Waals surface area contributed by atoms with E-state index in [4.69, 9.17) is 14.7 Å². The highest BCUT2D eigenvalue weighted by Crippen LogP contribution is 2.24. The molecule has 3 N–H and O–H groups in total. The second-order valence-electron chi connectivity index (χ2n) is 8.17. The summed E-state index contributed by atoms with van der Waals surface area (Å²) in [5.74, 6) is -0.719. The number of hydrogen-bond acceptors (Lipinski definition) is 10. The minimum absolute atomic E-state index is 0.0158. The molecule has 2 aliphatic rings. The molecule has 0 aliphatic carbocycles. The minimum atomic E-state index is -3.91. The number of oxime groups is 1. The molecular weight excluding hydrogens is 537 g/mol. The van der Waals surface area contributed by atoms with E-state index in [1.54, 1.807) is 0 Å². The monoisotopic (exact) mass is 561 g/mol. The quantitative estimate of drug-likeness (QED) is 0.353. The Kier molecular flexibility index (Phi) is 8.01. The van der Waals surface area contributed by atoms with Crippen LogP contribution in [0.25, 0.3) is 0 Å². The number of amides is 1. The number of benzene rings is 1. The third-order valence-electron chi connectivity index (χ3n) is 5.73. The summed E-state index contributed by atoms with van der Waals surface area (Å²) in [7, 11) is -7.64. The Morgan fingerprint density at radius 2 is 1.89 bits per heavy atom. The van der Waals surface area contributed by atoms with Crippen LogP contribution in [0.3, 0.4) is 0 Å². The number of sulfonamides is 2. The van der Waals surface area contributed by atoms with Crippen LogP contribution in [0.15, 0.2) is 40.5 Å². The van der Waals surface area contributed by atoms with Crippen LogP contribution in [0.2, 0.25) is 0 Å². The number of aromatic nitrogens is 1. The zero-order valence-corrected chi connectivity index (χ0v) is 21.3. The van der Waals surface area contributed by atoms with E-state index in [1.165, 1.54) is 28.6 Å². The van der Waals surface area contributed by atoms with E-state index in [0.717, 1.165) is 6.20 Å². The van der Waals surface area contributed by atoms with Crippen LogP contribution in [0.4, 0.5) is 9.52 Å². The van der Waals surface area contributed by atoms with Crippen LogP contribution in [0.1, 0.15) is 24.8 Å². The predicted molar refractivity (Wildman–Crippen MR) is 129 cm³/mol. The van der Waals surface area contributed by atoms with Gasteiger partial charge in [0, 0.05) is 25.1 Å². The number of primary sulfonamides is 1. The van der Waals surface area contributed by atoms with Crippen LogP contribution in [0, 0.1) is 5.13 Å². The number of hydrogen-bond donors (Lipinski definition) is 2. The van der Waals surface area contributed by atoms with Crippen molar-refractivity contribution in [3.63, 3.8) is 0 Å². The normalized spacial score (nSPS) is 20.4. The molecule has 0 bridgehead atoms. The topological polar surface area (TPSA) is 170 Å². The molecule has 196 valence electrons. The maximum Gasteiger partial charge on any atom is 0.280 e. The maximum absolute atomic E-state index is 13.3. The molecule has 16 heteroatoms. The number of nitrogens with one attached hydrogen (secondary N) is 1. The highest BCUT2D eigenvalue weighted by molar-refractivity contribution is 7.90. The zero-order chi connectivity index (χ0) is 25.9. The summed E-state index contributed by atoms with van der Waals surface area (Å²) in [4.78, 5) is 22.0. The molecule has 36 heavy (non-hydrogen) atoms. The van der Waals surface area contributed by atoms with Gasteiger partial charge in [0.2, 0.25) is 20.0 Å². The van der Waals surface area contributed by atoms with Gasteiger partial charge < -0.3 is 9.57 Å². The largest absolute Gasteiger partial charge is 0.389 e. The average molecular weight is 562 g/mol. The Labute approximate surface area is 211 Å². The average Bonchev–Trinajstić information content (AvgIpc) is 3.51. The van der Waals surface area contributed by atoms with E-state index >= 15 is 0 Å². The molecule has 2 saturated heterocycles. The number of halogens is 1. The van der Waals surface area contributed by atoms with E-state index in [-0.39, 0.29) is 53.3 Å². The lowest BCUT2D eigenvalue weighted by atomic mass is 10.1. The van der Waals surface area contributed by atoms with Crippen molar-refractivity contribution in [2.24, 2.45) is 10.3 Å². The van der Waals surface area contributed by atoms with Crippen molar-refractivity contribution in [1.82, 2.24) is 9.29 Å². The highest BCUT2D eigenvalue weighted by Gasteiger charge is 2.33. The number of piperidine rings is 1. The number of anilines is 1. The van der Waals surface area contributed by atoms with Crippen LogP contribution >= 0.6 is 11.3 Å². The molecule has 0 spiro atoms. The van der Waals surface area contributed by atoms with Crippen LogP contribution in [-0.4, -0.2) is 75.4 Å². The minimum Gasteiger partial charge on any atom is -0.389 e. The van der Waals surface area contributed by atoms with E-state index < -0.39 is 36.3 Å². The first-order chi connectivity index (χ1) is 17.0. The number of nitrogens with two attached hydrogens (primary N) is 1. The van der Waals surface area contributed by atoms with Gasteiger partial charge in [-0.25, -0.2) is 27.0 Å². The van der Waals surface area contributed by atoms with Crippen molar-refractivity contribution < 1.29 is 35.6 Å². The second-order valence-corrected chi connectivity index (χ2v) is 12.9. The number of rotatable bonds is 8. The highest BCUT2D eigenvalue weighted by atomic mass is 32.2. The second kappa shape index (κ2) is 10.9. The summed E-state index contributed by atoms with van der Waals surface area (Å²) in [6.45, 7) is 0.848. The van der Waals surface area contributed by atoms with Crippen molar-refractivity contribution in [3.8, 4) is 0 Å². The van der Waals surface area contributed by atoms with E-state index in [0.29, 0.717) is 31.0 Å². The first-order valence-electron chi connectivity index (χ1n) is 10.9. The fraction of sp³-hybridized carbons (Fsp3) is 0.450. The summed E-state index contributed by atoms with van der Waals surface area (Å²) >= 11 is 0.639. The molecule has 1 aromatic carbocycles. The molecule has 2 fully saturated rings. The lowest BCUT2D eigenvalue weighted by Gasteiger charge is -2.30. The fourth-order valence-corrected chi connectivity index (χ4v) is 6.63. The van der Waals surface area contributed by atoms with Gasteiger partial charge in [0.15, 0.2) is 22.1 Å². The van der Waals surface area contributed by atoms with Gasteiger partial charge >= 0.3 is 0 Å². The molecule has 2 aromatic rings. The summed E-state index contributed by atoms with van der Waals surface area (Å²) in [6, 6.07) is 5.45. The van der Waals surface area contributed by atoms with Crippen molar-refractivity contribution in [2.75, 3.05) is 31.6 Å². The van der Waals surface area contributed by atoms with Gasteiger partial charge in [-0.3, -0.25) is 10.1 Å². The van der Waals surface area contributed by atoms with Gasteiger partial charge in [-0.1, -0.05) is 28.6 Å². The summed E-state index contributed by atoms with van der Waals surface area (Å²) in [6.07, 6.45) is 1.42. The first kappa shape index (κ1) is 26.6. The molecule has 2 aliphatic heterocycles. The zero-order valence-electron chi connectivity index (χ0n) is 18.9. The third kappa shape index (κ3) is 6.24.